The molecule has 258 valence electrons. The van der Waals surface area contributed by atoms with E-state index < -0.39 is 0 Å². The summed E-state index contributed by atoms with van der Waals surface area (Å²) in [7, 11) is 0. The lowest BCUT2D eigenvalue weighted by molar-refractivity contribution is 1.31. The van der Waals surface area contributed by atoms with Gasteiger partial charge in [0, 0.05) is 31.9 Å². The molecule has 0 N–H and O–H groups in total. The fourth-order valence-electron chi connectivity index (χ4n) is 8.70. The Hall–Kier alpha value is -6.74. The number of benzene rings is 10. The molecule has 2 heteroatoms. The van der Waals surface area contributed by atoms with Gasteiger partial charge >= 0.3 is 0 Å². The molecule has 0 aliphatic rings. The Morgan fingerprint density at radius 3 is 1.53 bits per heavy atom. The van der Waals surface area contributed by atoms with Crippen LogP contribution in [0, 0.1) is 6.92 Å². The molecule has 1 nitrogen and oxygen atoms in total. The number of anilines is 3. The molecule has 55 heavy (non-hydrogen) atoms. The lowest BCUT2D eigenvalue weighted by Gasteiger charge is -2.30. The van der Waals surface area contributed by atoms with Crippen molar-refractivity contribution in [2.75, 3.05) is 4.90 Å². The molecule has 10 aromatic carbocycles. The molecule has 0 radical (unpaired) electrons. The van der Waals surface area contributed by atoms with E-state index in [-0.39, 0.29) is 0 Å². The summed E-state index contributed by atoms with van der Waals surface area (Å²) in [5.74, 6) is 0. The average molecular weight is 718 g/mol. The van der Waals surface area contributed by atoms with Crippen LogP contribution in [0.4, 0.5) is 17.1 Å². The van der Waals surface area contributed by atoms with Crippen LogP contribution < -0.4 is 4.90 Å². The van der Waals surface area contributed by atoms with Crippen LogP contribution in [0.15, 0.2) is 194 Å². The van der Waals surface area contributed by atoms with Gasteiger partial charge in [-0.2, -0.15) is 0 Å². The maximum absolute atomic E-state index is 2.50. The zero-order valence-corrected chi connectivity index (χ0v) is 31.1. The number of rotatable bonds is 6. The van der Waals surface area contributed by atoms with Crippen molar-refractivity contribution in [3.63, 3.8) is 0 Å². The normalized spacial score (nSPS) is 11.7. The molecule has 0 aliphatic carbocycles. The summed E-state index contributed by atoms with van der Waals surface area (Å²) in [6, 6.07) is 71.8. The lowest BCUT2D eigenvalue weighted by Crippen LogP contribution is -2.12. The van der Waals surface area contributed by atoms with Crippen LogP contribution in [0.1, 0.15) is 5.56 Å². The Morgan fingerprint density at radius 1 is 0.364 bits per heavy atom. The smallest absolute Gasteiger partial charge is 0.0618 e. The summed E-state index contributed by atoms with van der Waals surface area (Å²) in [5.41, 5.74) is 9.68. The van der Waals surface area contributed by atoms with E-state index in [4.69, 9.17) is 0 Å². The summed E-state index contributed by atoms with van der Waals surface area (Å²) in [6.07, 6.45) is 0. The van der Waals surface area contributed by atoms with Crippen molar-refractivity contribution < 1.29 is 0 Å². The van der Waals surface area contributed by atoms with E-state index >= 15 is 0 Å². The third-order valence-electron chi connectivity index (χ3n) is 11.2. The molecule has 0 saturated heterocycles. The second kappa shape index (κ2) is 12.7. The quantitative estimate of drug-likeness (QED) is 0.122. The standard InChI is InChI=1S/C53H35NS/c1-34-21-27-42(28-22-34)54(43-32-40-25-23-36-13-9-14-37-24-26-41(33-43)51(40)50(36)37)53-46-19-7-5-17-44(46)52(45-18-6-8-20-47(45)53)39-16-10-15-38(31-39)49-30-29-48(55-49)35-11-3-2-4-12-35/h2-33H,1H3. The summed E-state index contributed by atoms with van der Waals surface area (Å²) in [5, 5.41) is 12.6. The zero-order chi connectivity index (χ0) is 36.5. The fourth-order valence-corrected chi connectivity index (χ4v) is 9.71. The molecule has 0 unspecified atom stereocenters. The number of hydrogen-bond acceptors (Lipinski definition) is 2. The molecule has 11 aromatic rings. The highest BCUT2D eigenvalue weighted by atomic mass is 32.1. The van der Waals surface area contributed by atoms with Gasteiger partial charge in [0.2, 0.25) is 0 Å². The summed E-state index contributed by atoms with van der Waals surface area (Å²) in [4.78, 5) is 5.05. The maximum atomic E-state index is 2.50. The van der Waals surface area contributed by atoms with Crippen molar-refractivity contribution in [3.8, 4) is 32.0 Å². The van der Waals surface area contributed by atoms with E-state index in [1.807, 2.05) is 11.3 Å². The molecular weight excluding hydrogens is 683 g/mol. The minimum atomic E-state index is 1.13. The molecule has 0 spiro atoms. The van der Waals surface area contributed by atoms with Crippen LogP contribution in [-0.2, 0) is 0 Å². The van der Waals surface area contributed by atoms with Crippen molar-refractivity contribution in [1.82, 2.24) is 0 Å². The first-order valence-corrected chi connectivity index (χ1v) is 19.7. The van der Waals surface area contributed by atoms with Crippen LogP contribution in [-0.4, -0.2) is 0 Å². The number of thiophene rings is 1. The SMILES string of the molecule is Cc1ccc(N(c2cc3ccc4cccc5ccc(c2)c3c45)c2c3ccccc3c(-c3cccc(-c4ccc(-c5ccccc5)s4)c3)c3ccccc23)cc1. The van der Waals surface area contributed by atoms with Crippen LogP contribution in [0.5, 0.6) is 0 Å². The van der Waals surface area contributed by atoms with Gasteiger partial charge < -0.3 is 4.90 Å². The number of nitrogens with zero attached hydrogens (tertiary/aromatic N) is 1. The van der Waals surface area contributed by atoms with Crippen molar-refractivity contribution in [1.29, 1.82) is 0 Å². The fraction of sp³-hybridized carbons (Fsp3) is 0.0189. The van der Waals surface area contributed by atoms with E-state index in [0.29, 0.717) is 0 Å². The van der Waals surface area contributed by atoms with Gasteiger partial charge in [0.25, 0.3) is 0 Å². The topological polar surface area (TPSA) is 3.24 Å². The molecule has 11 rings (SSSR count). The lowest BCUT2D eigenvalue weighted by atomic mass is 9.89. The Balaban J connectivity index is 1.15. The predicted octanol–water partition coefficient (Wildman–Crippen LogP) is 15.7. The third-order valence-corrected chi connectivity index (χ3v) is 12.4. The number of fused-ring (bicyclic) bond motifs is 2. The Labute approximate surface area is 324 Å². The van der Waals surface area contributed by atoms with Crippen LogP contribution in [0.2, 0.25) is 0 Å². The average Bonchev–Trinajstić information content (AvgIpc) is 3.75. The van der Waals surface area contributed by atoms with Gasteiger partial charge in [-0.3, -0.25) is 0 Å². The molecule has 0 atom stereocenters. The van der Waals surface area contributed by atoms with Gasteiger partial charge in [0.1, 0.15) is 0 Å². The number of aryl methyl sites for hydroxylation is 1. The van der Waals surface area contributed by atoms with Crippen LogP contribution >= 0.6 is 11.3 Å². The van der Waals surface area contributed by atoms with Crippen molar-refractivity contribution in [2.45, 2.75) is 6.92 Å². The first kappa shape index (κ1) is 31.8. The molecule has 0 amide bonds. The monoisotopic (exact) mass is 717 g/mol. The van der Waals surface area contributed by atoms with Gasteiger partial charge in [0.05, 0.1) is 5.69 Å². The van der Waals surface area contributed by atoms with E-state index in [1.54, 1.807) is 0 Å². The van der Waals surface area contributed by atoms with E-state index in [0.717, 1.165) is 11.4 Å². The highest BCUT2D eigenvalue weighted by Crippen LogP contribution is 2.50. The second-order valence-electron chi connectivity index (χ2n) is 14.6. The predicted molar refractivity (Wildman–Crippen MR) is 239 cm³/mol. The van der Waals surface area contributed by atoms with Crippen molar-refractivity contribution in [2.24, 2.45) is 0 Å². The Morgan fingerprint density at radius 2 is 0.873 bits per heavy atom. The highest BCUT2D eigenvalue weighted by Gasteiger charge is 2.23. The molecule has 0 aliphatic heterocycles. The maximum Gasteiger partial charge on any atom is 0.0618 e. The summed E-state index contributed by atoms with van der Waals surface area (Å²) < 4.78 is 0. The van der Waals surface area contributed by atoms with Crippen molar-refractivity contribution >= 4 is 82.3 Å². The van der Waals surface area contributed by atoms with Gasteiger partial charge in [-0.15, -0.1) is 11.3 Å². The van der Waals surface area contributed by atoms with Gasteiger partial charge in [-0.05, 0) is 115 Å². The Kier molecular flexibility index (Phi) is 7.33. The number of hydrogen-bond donors (Lipinski definition) is 0. The first-order valence-electron chi connectivity index (χ1n) is 18.9. The minimum absolute atomic E-state index is 1.13. The van der Waals surface area contributed by atoms with Gasteiger partial charge in [-0.1, -0.05) is 157 Å². The van der Waals surface area contributed by atoms with Gasteiger partial charge in [-0.25, -0.2) is 0 Å². The molecule has 1 heterocycles. The second-order valence-corrected chi connectivity index (χ2v) is 15.7. The third kappa shape index (κ3) is 5.21. The van der Waals surface area contributed by atoms with E-state index in [1.165, 1.54) is 97.1 Å². The minimum Gasteiger partial charge on any atom is -0.309 e. The molecule has 0 bridgehead atoms. The first-order chi connectivity index (χ1) is 27.2. The molecule has 0 saturated carbocycles. The van der Waals surface area contributed by atoms with Crippen LogP contribution in [0.3, 0.4) is 0 Å². The molecule has 1 aromatic heterocycles. The molecular formula is C53H35NS. The summed E-state index contributed by atoms with van der Waals surface area (Å²) >= 11 is 1.85. The highest BCUT2D eigenvalue weighted by molar-refractivity contribution is 7.18. The Bertz CT molecular complexity index is 3090. The van der Waals surface area contributed by atoms with E-state index in [9.17, 15) is 0 Å². The summed E-state index contributed by atoms with van der Waals surface area (Å²) in [6.45, 7) is 2.16. The largest absolute Gasteiger partial charge is 0.309 e. The van der Waals surface area contributed by atoms with E-state index in [2.05, 4.69) is 206 Å². The van der Waals surface area contributed by atoms with Gasteiger partial charge in [0.15, 0.2) is 0 Å². The van der Waals surface area contributed by atoms with Crippen molar-refractivity contribution in [3.05, 3.63) is 200 Å². The zero-order valence-electron chi connectivity index (χ0n) is 30.3. The van der Waals surface area contributed by atoms with Crippen LogP contribution in [0.25, 0.3) is 85.9 Å². The molecule has 0 fully saturated rings.